The van der Waals surface area contributed by atoms with Crippen LogP contribution in [0.3, 0.4) is 0 Å². The second kappa shape index (κ2) is 10.2. The predicted molar refractivity (Wildman–Crippen MR) is 139 cm³/mol. The summed E-state index contributed by atoms with van der Waals surface area (Å²) in [6.45, 7) is 0.887. The van der Waals surface area contributed by atoms with Crippen molar-refractivity contribution in [2.75, 3.05) is 11.1 Å². The van der Waals surface area contributed by atoms with Crippen molar-refractivity contribution in [2.24, 2.45) is 5.92 Å². The number of thiophene rings is 1. The van der Waals surface area contributed by atoms with Gasteiger partial charge in [0, 0.05) is 22.5 Å². The minimum atomic E-state index is -0.207. The normalized spacial score (nSPS) is 14.2. The summed E-state index contributed by atoms with van der Waals surface area (Å²) in [4.78, 5) is 14.2. The molecule has 4 aromatic rings. The number of rotatable bonds is 7. The lowest BCUT2D eigenvalue weighted by Crippen LogP contribution is -2.13. The van der Waals surface area contributed by atoms with Gasteiger partial charge in [-0.3, -0.25) is 9.48 Å². The molecule has 0 spiro atoms. The number of nitrogens with one attached hydrogen (secondary N) is 1. The fourth-order valence-electron chi connectivity index (χ4n) is 4.61. The molecule has 1 fully saturated rings. The second-order valence-electron chi connectivity index (χ2n) is 8.97. The smallest absolute Gasteiger partial charge is 0.255 e. The molecule has 5 rings (SSSR count). The first-order valence-electron chi connectivity index (χ1n) is 11.9. The molecule has 0 bridgehead atoms. The Kier molecular flexibility index (Phi) is 6.72. The van der Waals surface area contributed by atoms with Crippen LogP contribution in [0.25, 0.3) is 21.7 Å². The second-order valence-corrected chi connectivity index (χ2v) is 9.92. The zero-order chi connectivity index (χ0) is 23.3. The fraction of sp³-hybridized carbons (Fsp3) is 0.296. The van der Waals surface area contributed by atoms with Crippen molar-refractivity contribution in [2.45, 2.75) is 45.1 Å². The molecule has 1 amide bonds. The molecule has 1 saturated carbocycles. The van der Waals surface area contributed by atoms with Gasteiger partial charge in [0.1, 0.15) is 5.69 Å². The number of carbonyl (C=O) groups excluding carboxylic acids is 1. The minimum Gasteiger partial charge on any atom is -0.397 e. The average Bonchev–Trinajstić information content (AvgIpc) is 3.58. The SMILES string of the molecule is Nc1ccc(-c2cccs2)cc1NC(=O)c1cccc(-c2cn(CCC3CCCCC3)nn2)c1. The lowest BCUT2D eigenvalue weighted by Gasteiger charge is -2.20. The van der Waals surface area contributed by atoms with Crippen molar-refractivity contribution in [3.05, 3.63) is 71.7 Å². The zero-order valence-corrected chi connectivity index (χ0v) is 19.9. The third kappa shape index (κ3) is 5.20. The number of hydrogen-bond donors (Lipinski definition) is 2. The molecule has 0 unspecified atom stereocenters. The summed E-state index contributed by atoms with van der Waals surface area (Å²) in [6.07, 6.45) is 9.87. The van der Waals surface area contributed by atoms with Gasteiger partial charge in [0.25, 0.3) is 5.91 Å². The summed E-state index contributed by atoms with van der Waals surface area (Å²) < 4.78 is 1.92. The number of nitrogens with zero attached hydrogens (tertiary/aromatic N) is 3. The molecule has 1 aliphatic rings. The monoisotopic (exact) mass is 471 g/mol. The highest BCUT2D eigenvalue weighted by Crippen LogP contribution is 2.31. The standard InChI is InChI=1S/C27H29N5OS/c28-23-12-11-21(26-10-5-15-34-26)17-24(23)29-27(33)22-9-4-8-20(16-22)25-18-32(31-30-25)14-13-19-6-2-1-3-7-19/h4-5,8-12,15-19H,1-3,6-7,13-14,28H2,(H,29,33). The van der Waals surface area contributed by atoms with Crippen molar-refractivity contribution in [3.8, 4) is 21.7 Å². The molecule has 34 heavy (non-hydrogen) atoms. The van der Waals surface area contributed by atoms with E-state index in [9.17, 15) is 4.79 Å². The zero-order valence-electron chi connectivity index (χ0n) is 19.1. The van der Waals surface area contributed by atoms with Crippen LogP contribution in [0, 0.1) is 5.92 Å². The first kappa shape index (κ1) is 22.3. The van der Waals surface area contributed by atoms with Gasteiger partial charge in [-0.15, -0.1) is 16.4 Å². The van der Waals surface area contributed by atoms with Crippen LogP contribution in [0.1, 0.15) is 48.9 Å². The Morgan fingerprint density at radius 1 is 1.06 bits per heavy atom. The first-order chi connectivity index (χ1) is 16.7. The number of aromatic nitrogens is 3. The number of hydrogen-bond acceptors (Lipinski definition) is 5. The summed E-state index contributed by atoms with van der Waals surface area (Å²) in [5.41, 5.74) is 10.5. The van der Waals surface area contributed by atoms with Crippen LogP contribution in [0.2, 0.25) is 0 Å². The summed E-state index contributed by atoms with van der Waals surface area (Å²) in [7, 11) is 0. The summed E-state index contributed by atoms with van der Waals surface area (Å²) >= 11 is 1.65. The van der Waals surface area contributed by atoms with Crippen LogP contribution in [-0.4, -0.2) is 20.9 Å². The van der Waals surface area contributed by atoms with Gasteiger partial charge in [0.05, 0.1) is 17.6 Å². The van der Waals surface area contributed by atoms with Crippen molar-refractivity contribution < 1.29 is 4.79 Å². The lowest BCUT2D eigenvalue weighted by atomic mass is 9.87. The van der Waals surface area contributed by atoms with Crippen LogP contribution in [0.15, 0.2) is 66.2 Å². The van der Waals surface area contributed by atoms with Gasteiger partial charge in [-0.1, -0.05) is 61.6 Å². The Morgan fingerprint density at radius 2 is 1.94 bits per heavy atom. The maximum absolute atomic E-state index is 13.0. The quantitative estimate of drug-likeness (QED) is 0.302. The first-order valence-corrected chi connectivity index (χ1v) is 12.8. The van der Waals surface area contributed by atoms with E-state index in [0.717, 1.165) is 40.6 Å². The number of benzene rings is 2. The highest BCUT2D eigenvalue weighted by Gasteiger charge is 2.15. The summed E-state index contributed by atoms with van der Waals surface area (Å²) in [6, 6.07) is 17.2. The van der Waals surface area contributed by atoms with E-state index < -0.39 is 0 Å². The predicted octanol–water partition coefficient (Wildman–Crippen LogP) is 6.48. The summed E-state index contributed by atoms with van der Waals surface area (Å²) in [5, 5.41) is 13.7. The third-order valence-electron chi connectivity index (χ3n) is 6.56. The van der Waals surface area contributed by atoms with E-state index >= 15 is 0 Å². The van der Waals surface area contributed by atoms with E-state index in [4.69, 9.17) is 5.73 Å². The number of amides is 1. The molecule has 2 aromatic carbocycles. The molecule has 7 heteroatoms. The van der Waals surface area contributed by atoms with Crippen molar-refractivity contribution >= 4 is 28.6 Å². The molecule has 1 aliphatic carbocycles. The van der Waals surface area contributed by atoms with Gasteiger partial charge in [0.2, 0.25) is 0 Å². The van der Waals surface area contributed by atoms with E-state index in [1.54, 1.807) is 17.4 Å². The molecule has 0 aliphatic heterocycles. The Labute approximate surface area is 203 Å². The average molecular weight is 472 g/mol. The van der Waals surface area contributed by atoms with Crippen LogP contribution >= 0.6 is 11.3 Å². The Morgan fingerprint density at radius 3 is 2.76 bits per heavy atom. The van der Waals surface area contributed by atoms with Gasteiger partial charge in [-0.25, -0.2) is 0 Å². The van der Waals surface area contributed by atoms with Crippen LogP contribution in [-0.2, 0) is 6.54 Å². The lowest BCUT2D eigenvalue weighted by molar-refractivity contribution is 0.102. The van der Waals surface area contributed by atoms with E-state index in [1.807, 2.05) is 64.8 Å². The van der Waals surface area contributed by atoms with Gasteiger partial charge in [-0.2, -0.15) is 0 Å². The number of anilines is 2. The van der Waals surface area contributed by atoms with Gasteiger partial charge in [-0.05, 0) is 53.6 Å². The molecular formula is C27H29N5OS. The Hall–Kier alpha value is -3.45. The van der Waals surface area contributed by atoms with Gasteiger partial charge < -0.3 is 11.1 Å². The number of carbonyl (C=O) groups is 1. The molecule has 3 N–H and O–H groups in total. The molecule has 6 nitrogen and oxygen atoms in total. The van der Waals surface area contributed by atoms with Gasteiger partial charge >= 0.3 is 0 Å². The molecule has 0 radical (unpaired) electrons. The number of nitrogen functional groups attached to an aromatic ring is 1. The minimum absolute atomic E-state index is 0.207. The Bertz CT molecular complexity index is 1260. The molecule has 2 heterocycles. The maximum Gasteiger partial charge on any atom is 0.255 e. The molecule has 0 saturated heterocycles. The van der Waals surface area contributed by atoms with E-state index in [-0.39, 0.29) is 5.91 Å². The fourth-order valence-corrected chi connectivity index (χ4v) is 5.33. The molecule has 2 aromatic heterocycles. The van der Waals surface area contributed by atoms with Crippen molar-refractivity contribution in [1.29, 1.82) is 0 Å². The topological polar surface area (TPSA) is 85.8 Å². The molecule has 0 atom stereocenters. The van der Waals surface area contributed by atoms with E-state index in [0.29, 0.717) is 16.9 Å². The van der Waals surface area contributed by atoms with Crippen LogP contribution < -0.4 is 11.1 Å². The number of nitrogens with two attached hydrogens (primary N) is 1. The van der Waals surface area contributed by atoms with E-state index in [2.05, 4.69) is 15.6 Å². The van der Waals surface area contributed by atoms with Gasteiger partial charge in [0.15, 0.2) is 0 Å². The van der Waals surface area contributed by atoms with E-state index in [1.165, 1.54) is 32.1 Å². The number of aryl methyl sites for hydroxylation is 1. The van der Waals surface area contributed by atoms with Crippen LogP contribution in [0.5, 0.6) is 0 Å². The highest BCUT2D eigenvalue weighted by molar-refractivity contribution is 7.13. The van der Waals surface area contributed by atoms with Crippen molar-refractivity contribution in [3.63, 3.8) is 0 Å². The maximum atomic E-state index is 13.0. The largest absolute Gasteiger partial charge is 0.397 e. The third-order valence-corrected chi connectivity index (χ3v) is 7.48. The van der Waals surface area contributed by atoms with Crippen molar-refractivity contribution in [1.82, 2.24) is 15.0 Å². The Balaban J connectivity index is 1.27. The molecular weight excluding hydrogens is 442 g/mol. The molecule has 174 valence electrons. The summed E-state index contributed by atoms with van der Waals surface area (Å²) in [5.74, 6) is 0.598. The highest BCUT2D eigenvalue weighted by atomic mass is 32.1. The van der Waals surface area contributed by atoms with Crippen LogP contribution in [0.4, 0.5) is 11.4 Å².